The maximum atomic E-state index is 13.6. The number of nitrogens with two attached hydrogens (primary N) is 1. The van der Waals surface area contributed by atoms with Gasteiger partial charge in [-0.15, -0.1) is 0 Å². The quantitative estimate of drug-likeness (QED) is 0.866. The number of halogens is 2. The normalized spacial score (nSPS) is 10.1. The SMILES string of the molecule is NC(=S)c1ccccc1Oc1ccc(Br)cc1F. The van der Waals surface area contributed by atoms with E-state index in [9.17, 15) is 4.39 Å². The molecular formula is C13H9BrFNOS. The number of para-hydroxylation sites is 1. The van der Waals surface area contributed by atoms with Crippen LogP contribution in [0.2, 0.25) is 0 Å². The van der Waals surface area contributed by atoms with Crippen LogP contribution in [0.3, 0.4) is 0 Å². The fourth-order valence-electron chi connectivity index (χ4n) is 1.44. The number of hydrogen-bond acceptors (Lipinski definition) is 2. The summed E-state index contributed by atoms with van der Waals surface area (Å²) in [5, 5.41) is 0. The van der Waals surface area contributed by atoms with Gasteiger partial charge in [-0.05, 0) is 30.3 Å². The fourth-order valence-corrected chi connectivity index (χ4v) is 1.94. The van der Waals surface area contributed by atoms with Gasteiger partial charge in [-0.2, -0.15) is 0 Å². The van der Waals surface area contributed by atoms with Crippen LogP contribution >= 0.6 is 28.1 Å². The average Bonchev–Trinajstić information content (AvgIpc) is 2.33. The van der Waals surface area contributed by atoms with Crippen molar-refractivity contribution in [1.82, 2.24) is 0 Å². The molecular weight excluding hydrogens is 317 g/mol. The van der Waals surface area contributed by atoms with E-state index >= 15 is 0 Å². The summed E-state index contributed by atoms with van der Waals surface area (Å²) >= 11 is 8.10. The van der Waals surface area contributed by atoms with Crippen molar-refractivity contribution < 1.29 is 9.13 Å². The molecule has 2 N–H and O–H groups in total. The summed E-state index contributed by atoms with van der Waals surface area (Å²) in [6, 6.07) is 11.5. The molecule has 0 atom stereocenters. The van der Waals surface area contributed by atoms with E-state index in [-0.39, 0.29) is 10.7 Å². The van der Waals surface area contributed by atoms with Gasteiger partial charge in [0.1, 0.15) is 10.7 Å². The Balaban J connectivity index is 2.37. The standard InChI is InChI=1S/C13H9BrFNOS/c14-8-5-6-12(10(15)7-8)17-11-4-2-1-3-9(11)13(16)18/h1-7H,(H2,16,18). The molecule has 5 heteroatoms. The zero-order chi connectivity index (χ0) is 13.1. The molecule has 0 aliphatic heterocycles. The van der Waals surface area contributed by atoms with Gasteiger partial charge in [0.25, 0.3) is 0 Å². The van der Waals surface area contributed by atoms with Gasteiger partial charge in [0.15, 0.2) is 11.6 Å². The zero-order valence-corrected chi connectivity index (χ0v) is 11.6. The lowest BCUT2D eigenvalue weighted by Gasteiger charge is -2.10. The maximum Gasteiger partial charge on any atom is 0.166 e. The van der Waals surface area contributed by atoms with Gasteiger partial charge in [-0.1, -0.05) is 40.3 Å². The van der Waals surface area contributed by atoms with Crippen molar-refractivity contribution in [1.29, 1.82) is 0 Å². The largest absolute Gasteiger partial charge is 0.454 e. The van der Waals surface area contributed by atoms with E-state index in [1.54, 1.807) is 30.3 Å². The molecule has 92 valence electrons. The maximum absolute atomic E-state index is 13.6. The Morgan fingerprint density at radius 1 is 1.17 bits per heavy atom. The van der Waals surface area contributed by atoms with Gasteiger partial charge < -0.3 is 10.5 Å². The summed E-state index contributed by atoms with van der Waals surface area (Å²) in [7, 11) is 0. The van der Waals surface area contributed by atoms with Crippen LogP contribution in [0.1, 0.15) is 5.56 Å². The zero-order valence-electron chi connectivity index (χ0n) is 9.19. The second-order valence-corrected chi connectivity index (χ2v) is 4.89. The second kappa shape index (κ2) is 5.46. The summed E-state index contributed by atoms with van der Waals surface area (Å²) in [6.45, 7) is 0. The first kappa shape index (κ1) is 13.0. The second-order valence-electron chi connectivity index (χ2n) is 3.54. The van der Waals surface area contributed by atoms with Crippen LogP contribution in [-0.2, 0) is 0 Å². The summed E-state index contributed by atoms with van der Waals surface area (Å²) < 4.78 is 19.8. The number of thiocarbonyl (C=S) groups is 1. The van der Waals surface area contributed by atoms with Gasteiger partial charge >= 0.3 is 0 Å². The minimum atomic E-state index is -0.456. The minimum Gasteiger partial charge on any atom is -0.454 e. The molecule has 2 nitrogen and oxygen atoms in total. The van der Waals surface area contributed by atoms with Gasteiger partial charge in [0.05, 0.1) is 5.56 Å². The lowest BCUT2D eigenvalue weighted by Crippen LogP contribution is -2.10. The van der Waals surface area contributed by atoms with E-state index in [1.807, 2.05) is 0 Å². The van der Waals surface area contributed by atoms with Crippen molar-refractivity contribution >= 4 is 33.1 Å². The van der Waals surface area contributed by atoms with Crippen LogP contribution < -0.4 is 10.5 Å². The summed E-state index contributed by atoms with van der Waals surface area (Å²) in [6.07, 6.45) is 0. The van der Waals surface area contributed by atoms with Crippen LogP contribution in [0.4, 0.5) is 4.39 Å². The first-order valence-electron chi connectivity index (χ1n) is 5.09. The van der Waals surface area contributed by atoms with E-state index in [4.69, 9.17) is 22.7 Å². The Labute approximate surface area is 118 Å². The molecule has 0 saturated carbocycles. The van der Waals surface area contributed by atoms with Crippen LogP contribution in [0.15, 0.2) is 46.9 Å². The molecule has 2 rings (SSSR count). The molecule has 0 heterocycles. The van der Waals surface area contributed by atoms with Gasteiger partial charge in [-0.3, -0.25) is 0 Å². The summed E-state index contributed by atoms with van der Waals surface area (Å²) in [5.41, 5.74) is 6.16. The van der Waals surface area contributed by atoms with Crippen LogP contribution in [0.5, 0.6) is 11.5 Å². The smallest absolute Gasteiger partial charge is 0.166 e. The Hall–Kier alpha value is -1.46. The molecule has 2 aromatic carbocycles. The lowest BCUT2D eigenvalue weighted by atomic mass is 10.2. The predicted molar refractivity (Wildman–Crippen MR) is 76.5 cm³/mol. The molecule has 0 aliphatic carbocycles. The lowest BCUT2D eigenvalue weighted by molar-refractivity contribution is 0.441. The monoisotopic (exact) mass is 325 g/mol. The highest BCUT2D eigenvalue weighted by Gasteiger charge is 2.09. The van der Waals surface area contributed by atoms with Crippen molar-refractivity contribution in [2.24, 2.45) is 5.73 Å². The van der Waals surface area contributed by atoms with Crippen molar-refractivity contribution in [3.8, 4) is 11.5 Å². The molecule has 0 spiro atoms. The number of ether oxygens (including phenoxy) is 1. The number of benzene rings is 2. The number of hydrogen-bond donors (Lipinski definition) is 1. The molecule has 18 heavy (non-hydrogen) atoms. The molecule has 0 amide bonds. The summed E-state index contributed by atoms with van der Waals surface area (Å²) in [5.74, 6) is 0.107. The summed E-state index contributed by atoms with van der Waals surface area (Å²) in [4.78, 5) is 0.211. The van der Waals surface area contributed by atoms with Crippen molar-refractivity contribution in [3.05, 3.63) is 58.3 Å². The van der Waals surface area contributed by atoms with Crippen LogP contribution in [-0.4, -0.2) is 4.99 Å². The van der Waals surface area contributed by atoms with Gasteiger partial charge in [0, 0.05) is 4.47 Å². The van der Waals surface area contributed by atoms with E-state index in [0.717, 1.165) is 0 Å². The Kier molecular flexibility index (Phi) is 3.93. The van der Waals surface area contributed by atoms with E-state index in [2.05, 4.69) is 15.9 Å². The van der Waals surface area contributed by atoms with E-state index in [1.165, 1.54) is 12.1 Å². The average molecular weight is 326 g/mol. The molecule has 0 aliphatic rings. The first-order valence-corrected chi connectivity index (χ1v) is 6.30. The van der Waals surface area contributed by atoms with Crippen LogP contribution in [0.25, 0.3) is 0 Å². The third-order valence-electron chi connectivity index (χ3n) is 2.27. The van der Waals surface area contributed by atoms with Crippen molar-refractivity contribution in [2.45, 2.75) is 0 Å². The molecule has 2 aromatic rings. The fraction of sp³-hybridized carbons (Fsp3) is 0. The molecule has 0 saturated heterocycles. The van der Waals surface area contributed by atoms with E-state index in [0.29, 0.717) is 15.8 Å². The van der Waals surface area contributed by atoms with Crippen molar-refractivity contribution in [2.75, 3.05) is 0 Å². The number of rotatable bonds is 3. The Morgan fingerprint density at radius 3 is 2.56 bits per heavy atom. The molecule has 0 unspecified atom stereocenters. The molecule has 0 fully saturated rings. The highest BCUT2D eigenvalue weighted by Crippen LogP contribution is 2.29. The van der Waals surface area contributed by atoms with Gasteiger partial charge in [0.2, 0.25) is 0 Å². The Bertz CT molecular complexity index is 603. The van der Waals surface area contributed by atoms with Gasteiger partial charge in [-0.25, -0.2) is 4.39 Å². The van der Waals surface area contributed by atoms with Crippen molar-refractivity contribution in [3.63, 3.8) is 0 Å². The minimum absolute atomic E-state index is 0.127. The first-order chi connectivity index (χ1) is 8.58. The van der Waals surface area contributed by atoms with Crippen LogP contribution in [0, 0.1) is 5.82 Å². The third kappa shape index (κ3) is 2.86. The highest BCUT2D eigenvalue weighted by atomic mass is 79.9. The Morgan fingerprint density at radius 2 is 1.89 bits per heavy atom. The molecule has 0 radical (unpaired) electrons. The molecule has 0 bridgehead atoms. The van der Waals surface area contributed by atoms with E-state index < -0.39 is 5.82 Å². The predicted octanol–water partition coefficient (Wildman–Crippen LogP) is 4.01. The topological polar surface area (TPSA) is 35.2 Å². The highest BCUT2D eigenvalue weighted by molar-refractivity contribution is 9.10. The third-order valence-corrected chi connectivity index (χ3v) is 2.98. The molecule has 0 aromatic heterocycles.